The van der Waals surface area contributed by atoms with Gasteiger partial charge in [-0.1, -0.05) is 86.4 Å². The number of nitrogens with zero attached hydrogens (tertiary/aromatic N) is 5. The van der Waals surface area contributed by atoms with Crippen molar-refractivity contribution in [3.63, 3.8) is 0 Å². The van der Waals surface area contributed by atoms with Gasteiger partial charge in [-0.25, -0.2) is 4.98 Å². The van der Waals surface area contributed by atoms with Gasteiger partial charge in [0, 0.05) is 71.9 Å². The van der Waals surface area contributed by atoms with Gasteiger partial charge in [0.1, 0.15) is 17.3 Å². The standard InChI is InChI=1S/C47H47N5O/c1-45(2,3)31-14-16-34(17-15-31)50-30-51(41-13-11-10-12-40(41)50)35-24-33(47(7,8)9)25-37(27-35)53-36-18-19-38-39-21-22-48-29-43(39)52(42(38)28-36)44-26-32(20-23-49-44)46(4,5)6/h10-29H,1-9H3/q+2/i1D3,2D3,3D3. The Balaban J connectivity index is 1.25. The molecule has 4 aromatic carbocycles. The number of ether oxygens (including phenoxy) is 1. The summed E-state index contributed by atoms with van der Waals surface area (Å²) in [6.07, 6.45) is 5.50. The molecule has 0 aliphatic carbocycles. The number of fused-ring (bicyclic) bond motifs is 4. The summed E-state index contributed by atoms with van der Waals surface area (Å²) < 4.78 is 86.1. The topological polar surface area (TPSA) is 46.0 Å². The Labute approximate surface area is 325 Å². The molecule has 6 nitrogen and oxygen atoms in total. The van der Waals surface area contributed by atoms with Crippen molar-refractivity contribution in [3.05, 3.63) is 138 Å². The third-order valence-electron chi connectivity index (χ3n) is 9.76. The lowest BCUT2D eigenvalue weighted by Crippen LogP contribution is -2.12. The quantitative estimate of drug-likeness (QED) is 0.167. The maximum atomic E-state index is 8.17. The molecule has 1 aliphatic rings. The van der Waals surface area contributed by atoms with Crippen molar-refractivity contribution in [2.45, 2.75) is 78.3 Å². The normalized spacial score (nSPS) is 16.5. The second kappa shape index (κ2) is 12.4. The third-order valence-corrected chi connectivity index (χ3v) is 9.76. The van der Waals surface area contributed by atoms with Crippen LogP contribution in [0.2, 0.25) is 0 Å². The SMILES string of the molecule is [2H]C([2H])([2H])C(c1ccc([N+]2=C=[N+](c3cc(Oc4ccc5c6ccncc6n(-c6cc(C(C)(C)C)ccn6)c5c4)cc(C(C)(C)C)c3)c3ccccc32)cc1)(C([2H])([2H])[2H])C([2H])([2H])[2H]. The highest BCUT2D eigenvalue weighted by atomic mass is 16.5. The number of hydrogen-bond acceptors (Lipinski definition) is 3. The second-order valence-corrected chi connectivity index (χ2v) is 15.7. The predicted molar refractivity (Wildman–Crippen MR) is 220 cm³/mol. The largest absolute Gasteiger partial charge is 0.503 e. The average Bonchev–Trinajstić information content (AvgIpc) is 3.72. The van der Waals surface area contributed by atoms with Crippen molar-refractivity contribution in [1.29, 1.82) is 0 Å². The molecule has 0 bridgehead atoms. The maximum absolute atomic E-state index is 8.17. The van der Waals surface area contributed by atoms with Crippen LogP contribution in [0.25, 0.3) is 27.6 Å². The van der Waals surface area contributed by atoms with Crippen LogP contribution in [0.15, 0.2) is 122 Å². The summed E-state index contributed by atoms with van der Waals surface area (Å²) in [5.74, 6) is 2.00. The molecule has 0 spiro atoms. The predicted octanol–water partition coefficient (Wildman–Crippen LogP) is 12.1. The number of rotatable bonds is 5. The van der Waals surface area contributed by atoms with Crippen LogP contribution in [-0.4, -0.2) is 20.5 Å². The fourth-order valence-electron chi connectivity index (χ4n) is 6.81. The minimum atomic E-state index is -3.37. The molecule has 0 atom stereocenters. The zero-order valence-corrected chi connectivity index (χ0v) is 30.7. The molecule has 264 valence electrons. The lowest BCUT2D eigenvalue weighted by molar-refractivity contribution is 0.479. The Morgan fingerprint density at radius 1 is 0.604 bits per heavy atom. The van der Waals surface area contributed by atoms with Crippen LogP contribution < -0.4 is 13.9 Å². The molecule has 4 heterocycles. The Morgan fingerprint density at radius 3 is 2.00 bits per heavy atom. The Hall–Kier alpha value is -5.84. The van der Waals surface area contributed by atoms with Gasteiger partial charge in [-0.3, -0.25) is 9.55 Å². The summed E-state index contributed by atoms with van der Waals surface area (Å²) in [4.78, 5) is 9.26. The van der Waals surface area contributed by atoms with Crippen molar-refractivity contribution in [2.75, 3.05) is 0 Å². The van der Waals surface area contributed by atoms with E-state index in [4.69, 9.17) is 22.1 Å². The minimum absolute atomic E-state index is 0.0811. The summed E-state index contributed by atoms with van der Waals surface area (Å²) in [7, 11) is 0. The van der Waals surface area contributed by atoms with Gasteiger partial charge in [-0.15, -0.1) is 0 Å². The summed E-state index contributed by atoms with van der Waals surface area (Å²) in [6, 6.07) is 35.0. The van der Waals surface area contributed by atoms with Crippen LogP contribution in [0, 0.1) is 0 Å². The van der Waals surface area contributed by atoms with Gasteiger partial charge in [-0.05, 0) is 78.5 Å². The van der Waals surface area contributed by atoms with Crippen molar-refractivity contribution >= 4 is 50.6 Å². The molecular formula is C47H47N5O+2. The molecule has 1 aliphatic heterocycles. The fraction of sp³-hybridized carbons (Fsp3) is 0.255. The number of aromatic nitrogens is 3. The zero-order chi connectivity index (χ0) is 44.8. The van der Waals surface area contributed by atoms with Gasteiger partial charge >= 0.3 is 6.01 Å². The Kier molecular flexibility index (Phi) is 5.89. The zero-order valence-electron chi connectivity index (χ0n) is 39.7. The van der Waals surface area contributed by atoms with E-state index in [-0.39, 0.29) is 16.4 Å². The van der Waals surface area contributed by atoms with Crippen LogP contribution in [-0.2, 0) is 16.2 Å². The van der Waals surface area contributed by atoms with Crippen LogP contribution >= 0.6 is 0 Å². The Bertz CT molecular complexity index is 2920. The molecule has 0 unspecified atom stereocenters. The second-order valence-electron chi connectivity index (χ2n) is 15.7. The van der Waals surface area contributed by atoms with E-state index in [1.165, 1.54) is 24.3 Å². The molecule has 0 amide bonds. The van der Waals surface area contributed by atoms with Gasteiger partial charge in [0.15, 0.2) is 0 Å². The molecule has 0 N–H and O–H groups in total. The summed E-state index contributed by atoms with van der Waals surface area (Å²) in [6.45, 7) is 2.83. The summed E-state index contributed by atoms with van der Waals surface area (Å²) in [5.41, 5.74) is 3.03. The fourth-order valence-corrected chi connectivity index (χ4v) is 6.81. The van der Waals surface area contributed by atoms with Gasteiger partial charge in [-0.2, -0.15) is 0 Å². The first-order valence-electron chi connectivity index (χ1n) is 22.1. The molecule has 7 aromatic rings. The molecule has 0 radical (unpaired) electrons. The van der Waals surface area contributed by atoms with E-state index < -0.39 is 26.0 Å². The first kappa shape index (κ1) is 25.2. The van der Waals surface area contributed by atoms with E-state index in [9.17, 15) is 0 Å². The van der Waals surface area contributed by atoms with Crippen LogP contribution in [0.4, 0.5) is 22.7 Å². The third kappa shape index (κ3) is 6.34. The van der Waals surface area contributed by atoms with Gasteiger partial charge in [0.05, 0.1) is 23.3 Å². The van der Waals surface area contributed by atoms with Crippen molar-refractivity contribution < 1.29 is 17.1 Å². The molecule has 53 heavy (non-hydrogen) atoms. The van der Waals surface area contributed by atoms with E-state index in [0.717, 1.165) is 55.8 Å². The van der Waals surface area contributed by atoms with E-state index >= 15 is 0 Å². The number of benzene rings is 4. The minimum Gasteiger partial charge on any atom is -0.457 e. The first-order valence-corrected chi connectivity index (χ1v) is 17.6. The first-order chi connectivity index (χ1) is 28.9. The molecule has 3 aromatic heterocycles. The molecule has 0 saturated heterocycles. The number of pyridine rings is 2. The average molecular weight is 707 g/mol. The highest BCUT2D eigenvalue weighted by molar-refractivity contribution is 6.09. The highest BCUT2D eigenvalue weighted by Crippen LogP contribution is 2.41. The lowest BCUT2D eigenvalue weighted by atomic mass is 9.86. The van der Waals surface area contributed by atoms with E-state index in [1.54, 1.807) is 10.8 Å². The summed E-state index contributed by atoms with van der Waals surface area (Å²) in [5, 5.41) is 2.08. The number of para-hydroxylation sites is 2. The van der Waals surface area contributed by atoms with Crippen LogP contribution in [0.1, 0.15) is 91.1 Å². The van der Waals surface area contributed by atoms with Crippen molar-refractivity contribution in [2.24, 2.45) is 0 Å². The van der Waals surface area contributed by atoms with Crippen LogP contribution in [0.5, 0.6) is 11.5 Å². The monoisotopic (exact) mass is 706 g/mol. The molecule has 8 rings (SSSR count). The molecular weight excluding hydrogens is 651 g/mol. The van der Waals surface area contributed by atoms with E-state index in [0.29, 0.717) is 17.2 Å². The smallest absolute Gasteiger partial charge is 0.457 e. The van der Waals surface area contributed by atoms with E-state index in [1.807, 2.05) is 77.6 Å². The molecule has 0 fully saturated rings. The van der Waals surface area contributed by atoms with Crippen molar-refractivity contribution in [1.82, 2.24) is 23.7 Å². The van der Waals surface area contributed by atoms with Gasteiger partial charge < -0.3 is 4.74 Å². The molecule has 6 heteroatoms. The number of hydrogen-bond donors (Lipinski definition) is 0. The summed E-state index contributed by atoms with van der Waals surface area (Å²) >= 11 is 0. The van der Waals surface area contributed by atoms with Gasteiger partial charge in [0.2, 0.25) is 11.4 Å². The Morgan fingerprint density at radius 2 is 1.30 bits per heavy atom. The van der Waals surface area contributed by atoms with Gasteiger partial charge in [0.25, 0.3) is 11.4 Å². The lowest BCUT2D eigenvalue weighted by Gasteiger charge is -2.20. The molecule has 0 saturated carbocycles. The highest BCUT2D eigenvalue weighted by Gasteiger charge is 2.37. The maximum Gasteiger partial charge on any atom is 0.503 e. The van der Waals surface area contributed by atoms with E-state index in [2.05, 4.69) is 75.3 Å². The van der Waals surface area contributed by atoms with Crippen molar-refractivity contribution in [3.8, 4) is 17.3 Å². The van der Waals surface area contributed by atoms with Crippen LogP contribution in [0.3, 0.4) is 0 Å².